The van der Waals surface area contributed by atoms with Crippen LogP contribution in [0.1, 0.15) is 23.1 Å². The van der Waals surface area contributed by atoms with E-state index < -0.39 is 11.9 Å². The lowest BCUT2D eigenvalue weighted by atomic mass is 10.0. The number of carbonyl (C=O) groups is 3. The summed E-state index contributed by atoms with van der Waals surface area (Å²) in [6.07, 6.45) is 0.864. The molecule has 1 fully saturated rings. The van der Waals surface area contributed by atoms with Gasteiger partial charge in [0.1, 0.15) is 6.54 Å². The predicted molar refractivity (Wildman–Crippen MR) is 72.6 cm³/mol. The molecular weight excluding hydrogens is 258 g/mol. The fourth-order valence-electron chi connectivity index (χ4n) is 2.11. The third-order valence-corrected chi connectivity index (χ3v) is 3.17. The smallest absolute Gasteiger partial charge is 0.275 e. The molecule has 0 radical (unpaired) electrons. The number of rotatable bonds is 4. The summed E-state index contributed by atoms with van der Waals surface area (Å²) < 4.78 is 0. The van der Waals surface area contributed by atoms with Gasteiger partial charge in [0.05, 0.1) is 0 Å². The van der Waals surface area contributed by atoms with Gasteiger partial charge in [-0.25, -0.2) is 9.80 Å². The van der Waals surface area contributed by atoms with Crippen molar-refractivity contribution >= 4 is 17.8 Å². The van der Waals surface area contributed by atoms with Crippen molar-refractivity contribution in [3.8, 4) is 0 Å². The summed E-state index contributed by atoms with van der Waals surface area (Å²) in [5, 5.41) is 3.09. The minimum atomic E-state index is -0.588. The van der Waals surface area contributed by atoms with E-state index in [-0.39, 0.29) is 18.9 Å². The van der Waals surface area contributed by atoms with Crippen LogP contribution in [0.4, 0.5) is 4.79 Å². The van der Waals surface area contributed by atoms with Gasteiger partial charge in [0.25, 0.3) is 0 Å². The summed E-state index contributed by atoms with van der Waals surface area (Å²) in [6, 6.07) is 5.49. The molecule has 0 bridgehead atoms. The highest BCUT2D eigenvalue weighted by Gasteiger charge is 2.27. The first-order valence-corrected chi connectivity index (χ1v) is 6.42. The number of hydrazine groups is 1. The Bertz CT molecular complexity index is 569. The van der Waals surface area contributed by atoms with E-state index >= 15 is 0 Å². The standard InChI is InChI=1S/C14H17N3O3/c1-9-3-4-11(10(2)7-9)5-6-12(18)16-17-8-13(19)15-14(17)20/h3-4,7H,5-6,8H2,1-2H3,(H,16,18)(H,15,19,20). The van der Waals surface area contributed by atoms with E-state index in [4.69, 9.17) is 0 Å². The third kappa shape index (κ3) is 3.34. The lowest BCUT2D eigenvalue weighted by molar-refractivity contribution is -0.125. The van der Waals surface area contributed by atoms with Crippen LogP contribution in [0.3, 0.4) is 0 Å². The fraction of sp³-hybridized carbons (Fsp3) is 0.357. The van der Waals surface area contributed by atoms with Gasteiger partial charge in [-0.1, -0.05) is 23.8 Å². The second kappa shape index (κ2) is 5.73. The van der Waals surface area contributed by atoms with Crippen LogP contribution < -0.4 is 10.7 Å². The van der Waals surface area contributed by atoms with Crippen LogP contribution in [-0.2, 0) is 16.0 Å². The molecule has 0 unspecified atom stereocenters. The van der Waals surface area contributed by atoms with Gasteiger partial charge < -0.3 is 0 Å². The molecule has 6 heteroatoms. The molecular formula is C14H17N3O3. The maximum atomic E-state index is 11.8. The highest BCUT2D eigenvalue weighted by atomic mass is 16.2. The van der Waals surface area contributed by atoms with Crippen LogP contribution in [0.15, 0.2) is 18.2 Å². The van der Waals surface area contributed by atoms with Gasteiger partial charge in [0.2, 0.25) is 11.8 Å². The van der Waals surface area contributed by atoms with E-state index in [2.05, 4.69) is 16.8 Å². The molecule has 2 N–H and O–H groups in total. The number of hydrogen-bond acceptors (Lipinski definition) is 3. The van der Waals surface area contributed by atoms with Crippen molar-refractivity contribution in [2.24, 2.45) is 0 Å². The minimum Gasteiger partial charge on any atom is -0.275 e. The Morgan fingerprint density at radius 3 is 2.70 bits per heavy atom. The molecule has 2 rings (SSSR count). The maximum absolute atomic E-state index is 11.8. The normalized spacial score (nSPS) is 14.4. The van der Waals surface area contributed by atoms with Crippen LogP contribution in [0.5, 0.6) is 0 Å². The minimum absolute atomic E-state index is 0.131. The lowest BCUT2D eigenvalue weighted by Crippen LogP contribution is -2.44. The molecule has 1 aromatic carbocycles. The van der Waals surface area contributed by atoms with Crippen molar-refractivity contribution in [2.75, 3.05) is 6.54 Å². The molecule has 4 amide bonds. The molecule has 6 nitrogen and oxygen atoms in total. The molecule has 0 saturated carbocycles. The third-order valence-electron chi connectivity index (χ3n) is 3.17. The summed E-state index contributed by atoms with van der Waals surface area (Å²) in [4.78, 5) is 34.0. The van der Waals surface area contributed by atoms with Gasteiger partial charge in [-0.05, 0) is 31.4 Å². The predicted octanol–water partition coefficient (Wildman–Crippen LogP) is 0.819. The van der Waals surface area contributed by atoms with E-state index in [1.807, 2.05) is 26.0 Å². The Morgan fingerprint density at radius 1 is 1.35 bits per heavy atom. The highest BCUT2D eigenvalue weighted by molar-refractivity contribution is 6.02. The van der Waals surface area contributed by atoms with Crippen LogP contribution in [0, 0.1) is 13.8 Å². The number of nitrogens with zero attached hydrogens (tertiary/aromatic N) is 1. The first-order chi connectivity index (χ1) is 9.45. The summed E-state index contributed by atoms with van der Waals surface area (Å²) in [5.74, 6) is -0.695. The Kier molecular flexibility index (Phi) is 4.02. The van der Waals surface area contributed by atoms with E-state index in [0.717, 1.165) is 16.1 Å². The van der Waals surface area contributed by atoms with E-state index in [1.54, 1.807) is 0 Å². The molecule has 0 atom stereocenters. The van der Waals surface area contributed by atoms with Crippen molar-refractivity contribution in [3.05, 3.63) is 34.9 Å². The van der Waals surface area contributed by atoms with Gasteiger partial charge in [0.15, 0.2) is 0 Å². The number of carbonyl (C=O) groups excluding carboxylic acids is 3. The average molecular weight is 275 g/mol. The van der Waals surface area contributed by atoms with Crippen molar-refractivity contribution < 1.29 is 14.4 Å². The molecule has 1 saturated heterocycles. The monoisotopic (exact) mass is 275 g/mol. The van der Waals surface area contributed by atoms with Gasteiger partial charge in [-0.3, -0.25) is 20.3 Å². The quantitative estimate of drug-likeness (QED) is 0.798. The molecule has 0 spiro atoms. The van der Waals surface area contributed by atoms with Crippen molar-refractivity contribution in [3.63, 3.8) is 0 Å². The first-order valence-electron chi connectivity index (χ1n) is 6.42. The summed E-state index contributed by atoms with van der Waals surface area (Å²) >= 11 is 0. The second-order valence-electron chi connectivity index (χ2n) is 4.90. The van der Waals surface area contributed by atoms with Gasteiger partial charge in [0, 0.05) is 6.42 Å². The zero-order valence-corrected chi connectivity index (χ0v) is 11.5. The summed E-state index contributed by atoms with van der Waals surface area (Å²) in [7, 11) is 0. The number of urea groups is 1. The molecule has 1 aliphatic rings. The molecule has 0 aliphatic carbocycles. The van der Waals surface area contributed by atoms with Crippen LogP contribution in [0.25, 0.3) is 0 Å². The van der Waals surface area contributed by atoms with E-state index in [1.165, 1.54) is 5.56 Å². The SMILES string of the molecule is Cc1ccc(CCC(=O)NN2CC(=O)NC2=O)c(C)c1. The molecule has 1 heterocycles. The fourth-order valence-corrected chi connectivity index (χ4v) is 2.11. The zero-order chi connectivity index (χ0) is 14.7. The lowest BCUT2D eigenvalue weighted by Gasteiger charge is -2.14. The molecule has 20 heavy (non-hydrogen) atoms. The Morgan fingerprint density at radius 2 is 2.10 bits per heavy atom. The topological polar surface area (TPSA) is 78.5 Å². The summed E-state index contributed by atoms with van der Waals surface area (Å²) in [6.45, 7) is 3.90. The van der Waals surface area contributed by atoms with Gasteiger partial charge >= 0.3 is 6.03 Å². The largest absolute Gasteiger partial charge is 0.343 e. The van der Waals surface area contributed by atoms with Gasteiger partial charge in [-0.15, -0.1) is 0 Å². The average Bonchev–Trinajstić information content (AvgIpc) is 2.66. The maximum Gasteiger partial charge on any atom is 0.343 e. The van der Waals surface area contributed by atoms with Gasteiger partial charge in [-0.2, -0.15) is 0 Å². The van der Waals surface area contributed by atoms with E-state index in [9.17, 15) is 14.4 Å². The number of amides is 4. The number of hydrogen-bond donors (Lipinski definition) is 2. The number of benzene rings is 1. The van der Waals surface area contributed by atoms with Crippen molar-refractivity contribution in [1.82, 2.24) is 15.8 Å². The summed E-state index contributed by atoms with van der Waals surface area (Å²) in [5.41, 5.74) is 5.85. The molecule has 1 aliphatic heterocycles. The Hall–Kier alpha value is -2.37. The van der Waals surface area contributed by atoms with Crippen LogP contribution in [-0.4, -0.2) is 29.4 Å². The number of nitrogens with one attached hydrogen (secondary N) is 2. The second-order valence-corrected chi connectivity index (χ2v) is 4.90. The van der Waals surface area contributed by atoms with Crippen molar-refractivity contribution in [1.29, 1.82) is 0 Å². The van der Waals surface area contributed by atoms with Crippen LogP contribution >= 0.6 is 0 Å². The van der Waals surface area contributed by atoms with E-state index in [0.29, 0.717) is 6.42 Å². The molecule has 1 aromatic rings. The number of aryl methyl sites for hydroxylation is 3. The number of imide groups is 1. The molecule has 106 valence electrons. The van der Waals surface area contributed by atoms with Crippen LogP contribution in [0.2, 0.25) is 0 Å². The highest BCUT2D eigenvalue weighted by Crippen LogP contribution is 2.12. The molecule has 0 aromatic heterocycles. The first kappa shape index (κ1) is 14.0. The zero-order valence-electron chi connectivity index (χ0n) is 11.5. The Balaban J connectivity index is 1.86. The van der Waals surface area contributed by atoms with Crippen molar-refractivity contribution in [2.45, 2.75) is 26.7 Å². The Labute approximate surface area is 117 Å².